The predicted molar refractivity (Wildman–Crippen MR) is 93.7 cm³/mol. The third-order valence-corrected chi connectivity index (χ3v) is 6.17. The van der Waals surface area contributed by atoms with Gasteiger partial charge in [0.1, 0.15) is 0 Å². The van der Waals surface area contributed by atoms with Crippen LogP contribution in [0.3, 0.4) is 0 Å². The number of aromatic amines is 1. The van der Waals surface area contributed by atoms with Crippen LogP contribution in [0.1, 0.15) is 36.9 Å². The van der Waals surface area contributed by atoms with Gasteiger partial charge in [0, 0.05) is 21.5 Å². The standard InChI is InChI=1S/C17H20N2OS2/c1-12-15(11-21-13-7-3-2-4-8-13)18-17(19-16(12)20)22-14-9-5-6-10-14/h2-4,7-8,14H,5-6,9-11H2,1H3,(H,18,19,20). The zero-order chi connectivity index (χ0) is 15.4. The fourth-order valence-corrected chi connectivity index (χ4v) is 4.72. The molecular weight excluding hydrogens is 312 g/mol. The molecule has 0 atom stereocenters. The summed E-state index contributed by atoms with van der Waals surface area (Å²) >= 11 is 3.46. The molecule has 0 spiro atoms. The van der Waals surface area contributed by atoms with E-state index < -0.39 is 0 Å². The van der Waals surface area contributed by atoms with Gasteiger partial charge in [-0.3, -0.25) is 4.79 Å². The maximum atomic E-state index is 12.1. The molecule has 0 aliphatic heterocycles. The van der Waals surface area contributed by atoms with Gasteiger partial charge in [-0.1, -0.05) is 42.8 Å². The molecule has 3 nitrogen and oxygen atoms in total. The average Bonchev–Trinajstić information content (AvgIpc) is 3.03. The summed E-state index contributed by atoms with van der Waals surface area (Å²) in [5.41, 5.74) is 1.64. The van der Waals surface area contributed by atoms with E-state index in [0.717, 1.165) is 22.2 Å². The molecular formula is C17H20N2OS2. The van der Waals surface area contributed by atoms with E-state index >= 15 is 0 Å². The van der Waals surface area contributed by atoms with Gasteiger partial charge in [-0.05, 0) is 31.9 Å². The molecule has 1 aromatic carbocycles. The maximum Gasteiger partial charge on any atom is 0.254 e. The van der Waals surface area contributed by atoms with Crippen LogP contribution >= 0.6 is 23.5 Å². The molecule has 0 unspecified atom stereocenters. The summed E-state index contributed by atoms with van der Waals surface area (Å²) in [5, 5.41) is 1.40. The minimum absolute atomic E-state index is 0.000779. The lowest BCUT2D eigenvalue weighted by molar-refractivity contribution is 0.851. The van der Waals surface area contributed by atoms with Gasteiger partial charge in [0.2, 0.25) is 0 Å². The molecule has 1 aromatic heterocycles. The Bertz CT molecular complexity index is 679. The molecule has 1 fully saturated rings. The van der Waals surface area contributed by atoms with Gasteiger partial charge < -0.3 is 4.98 Å². The minimum atomic E-state index is -0.000779. The van der Waals surface area contributed by atoms with E-state index in [1.807, 2.05) is 25.1 Å². The number of nitrogens with one attached hydrogen (secondary N) is 1. The van der Waals surface area contributed by atoms with E-state index in [2.05, 4.69) is 17.1 Å². The first-order valence-corrected chi connectivity index (χ1v) is 9.53. The summed E-state index contributed by atoms with van der Waals surface area (Å²) in [6.07, 6.45) is 5.06. The first-order chi connectivity index (χ1) is 10.7. The monoisotopic (exact) mass is 332 g/mol. The predicted octanol–water partition coefficient (Wildman–Crippen LogP) is 4.41. The Hall–Kier alpha value is -1.20. The Morgan fingerprint density at radius 1 is 1.23 bits per heavy atom. The normalized spacial score (nSPS) is 15.3. The third kappa shape index (κ3) is 3.96. The van der Waals surface area contributed by atoms with Gasteiger partial charge in [-0.15, -0.1) is 11.8 Å². The van der Waals surface area contributed by atoms with Crippen molar-refractivity contribution in [3.05, 3.63) is 51.9 Å². The zero-order valence-corrected chi connectivity index (χ0v) is 14.3. The Morgan fingerprint density at radius 2 is 1.95 bits per heavy atom. The maximum absolute atomic E-state index is 12.1. The number of nitrogens with zero attached hydrogens (tertiary/aromatic N) is 1. The summed E-state index contributed by atoms with van der Waals surface area (Å²) < 4.78 is 0. The van der Waals surface area contributed by atoms with E-state index in [-0.39, 0.29) is 5.56 Å². The third-order valence-electron chi connectivity index (χ3n) is 3.93. The first kappa shape index (κ1) is 15.7. The number of hydrogen-bond donors (Lipinski definition) is 1. The highest BCUT2D eigenvalue weighted by atomic mass is 32.2. The summed E-state index contributed by atoms with van der Waals surface area (Å²) in [7, 11) is 0. The summed E-state index contributed by atoms with van der Waals surface area (Å²) in [4.78, 5) is 21.0. The van der Waals surface area contributed by atoms with Crippen molar-refractivity contribution in [3.63, 3.8) is 0 Å². The van der Waals surface area contributed by atoms with Gasteiger partial charge >= 0.3 is 0 Å². The van der Waals surface area contributed by atoms with Crippen molar-refractivity contribution in [2.45, 2.75) is 53.7 Å². The van der Waals surface area contributed by atoms with Crippen molar-refractivity contribution in [1.82, 2.24) is 9.97 Å². The summed E-state index contributed by atoms with van der Waals surface area (Å²) in [5.74, 6) is 0.734. The van der Waals surface area contributed by atoms with E-state index in [4.69, 9.17) is 4.98 Å². The molecule has 1 aliphatic rings. The number of benzene rings is 1. The number of H-pyrrole nitrogens is 1. The molecule has 5 heteroatoms. The van der Waals surface area contributed by atoms with Crippen molar-refractivity contribution in [3.8, 4) is 0 Å². The molecule has 22 heavy (non-hydrogen) atoms. The molecule has 2 aromatic rings. The molecule has 1 heterocycles. The fraction of sp³-hybridized carbons (Fsp3) is 0.412. The summed E-state index contributed by atoms with van der Waals surface area (Å²) in [6, 6.07) is 10.2. The second-order valence-corrected chi connectivity index (χ2v) is 7.91. The van der Waals surface area contributed by atoms with Gasteiger partial charge in [-0.25, -0.2) is 4.98 Å². The van der Waals surface area contributed by atoms with E-state index in [9.17, 15) is 4.79 Å². The van der Waals surface area contributed by atoms with Gasteiger partial charge in [0.25, 0.3) is 5.56 Å². The van der Waals surface area contributed by atoms with Crippen LogP contribution in [0.15, 0.2) is 45.2 Å². The topological polar surface area (TPSA) is 45.8 Å². The van der Waals surface area contributed by atoms with Crippen molar-refractivity contribution in [1.29, 1.82) is 0 Å². The Labute approximate surface area is 139 Å². The molecule has 0 radical (unpaired) electrons. The molecule has 1 saturated carbocycles. The van der Waals surface area contributed by atoms with Crippen LogP contribution in [-0.2, 0) is 5.75 Å². The van der Waals surface area contributed by atoms with E-state index in [0.29, 0.717) is 5.25 Å². The largest absolute Gasteiger partial charge is 0.301 e. The van der Waals surface area contributed by atoms with Crippen LogP contribution in [0.5, 0.6) is 0 Å². The quantitative estimate of drug-likeness (QED) is 0.651. The summed E-state index contributed by atoms with van der Waals surface area (Å²) in [6.45, 7) is 1.86. The lowest BCUT2D eigenvalue weighted by Gasteiger charge is -2.10. The van der Waals surface area contributed by atoms with Crippen LogP contribution in [-0.4, -0.2) is 15.2 Å². The fourth-order valence-electron chi connectivity index (χ4n) is 2.59. The highest BCUT2D eigenvalue weighted by Crippen LogP contribution is 2.33. The lowest BCUT2D eigenvalue weighted by Crippen LogP contribution is -2.16. The highest BCUT2D eigenvalue weighted by Gasteiger charge is 2.18. The molecule has 0 amide bonds. The highest BCUT2D eigenvalue weighted by molar-refractivity contribution is 7.99. The molecule has 1 aliphatic carbocycles. The van der Waals surface area contributed by atoms with Gasteiger partial charge in [-0.2, -0.15) is 0 Å². The Kier molecular flexibility index (Phi) is 5.26. The zero-order valence-electron chi connectivity index (χ0n) is 12.7. The second kappa shape index (κ2) is 7.38. The molecule has 1 N–H and O–H groups in total. The average molecular weight is 332 g/mol. The van der Waals surface area contributed by atoms with Crippen molar-refractivity contribution in [2.75, 3.05) is 0 Å². The molecule has 0 bridgehead atoms. The Balaban J connectivity index is 1.74. The van der Waals surface area contributed by atoms with Crippen molar-refractivity contribution in [2.24, 2.45) is 0 Å². The molecule has 0 saturated heterocycles. The molecule has 116 valence electrons. The van der Waals surface area contributed by atoms with Crippen LogP contribution in [0.25, 0.3) is 0 Å². The lowest BCUT2D eigenvalue weighted by atomic mass is 10.3. The minimum Gasteiger partial charge on any atom is -0.301 e. The number of hydrogen-bond acceptors (Lipinski definition) is 4. The van der Waals surface area contributed by atoms with Crippen molar-refractivity contribution < 1.29 is 0 Å². The SMILES string of the molecule is Cc1c(CSc2ccccc2)nc(SC2CCCC2)[nH]c1=O. The van der Waals surface area contributed by atoms with E-state index in [1.165, 1.54) is 30.6 Å². The van der Waals surface area contributed by atoms with Crippen LogP contribution < -0.4 is 5.56 Å². The Morgan fingerprint density at radius 3 is 2.68 bits per heavy atom. The van der Waals surface area contributed by atoms with Crippen LogP contribution in [0.2, 0.25) is 0 Å². The smallest absolute Gasteiger partial charge is 0.254 e. The molecule has 3 rings (SSSR count). The number of aromatic nitrogens is 2. The van der Waals surface area contributed by atoms with Crippen molar-refractivity contribution >= 4 is 23.5 Å². The van der Waals surface area contributed by atoms with Crippen LogP contribution in [0.4, 0.5) is 0 Å². The first-order valence-electron chi connectivity index (χ1n) is 7.66. The van der Waals surface area contributed by atoms with E-state index in [1.54, 1.807) is 23.5 Å². The van der Waals surface area contributed by atoms with Gasteiger partial charge in [0.15, 0.2) is 5.16 Å². The number of rotatable bonds is 5. The second-order valence-electron chi connectivity index (χ2n) is 5.57. The van der Waals surface area contributed by atoms with Crippen LogP contribution in [0, 0.1) is 6.92 Å². The van der Waals surface area contributed by atoms with Gasteiger partial charge in [0.05, 0.1) is 5.69 Å². The number of thioether (sulfide) groups is 2.